The average Bonchev–Trinajstić information content (AvgIpc) is 3.88. The van der Waals surface area contributed by atoms with Crippen LogP contribution in [0.15, 0.2) is 35.7 Å². The van der Waals surface area contributed by atoms with E-state index in [1.165, 1.54) is 16.7 Å². The van der Waals surface area contributed by atoms with Gasteiger partial charge in [0.2, 0.25) is 24.1 Å². The van der Waals surface area contributed by atoms with Gasteiger partial charge in [0.25, 0.3) is 0 Å². The molecule has 1 aromatic heterocycles. The van der Waals surface area contributed by atoms with Crippen molar-refractivity contribution in [1.29, 1.82) is 0 Å². The molecule has 4 amide bonds. The molecule has 2 heterocycles. The SMILES string of the molecule is CCC(C)C(C(CC(=O)N1CCCC1C(OC)C(C)C)OC)N(C)C(=O)C(NC(=O)C(N)C(C)C)C(C)C.O=CNC(Cc1ccccc1)c1nc(C(=O)O)cs1. The number of likely N-dealkylation sites (N-methyl/N-ethyl adjacent to an activating group) is 1. The first-order valence-corrected chi connectivity index (χ1v) is 20.9. The third kappa shape index (κ3) is 14.1. The number of carbonyl (C=O) groups is 5. The highest BCUT2D eigenvalue weighted by Gasteiger charge is 2.41. The minimum absolute atomic E-state index is 0.00533. The van der Waals surface area contributed by atoms with Gasteiger partial charge in [-0.3, -0.25) is 19.2 Å². The number of rotatable bonds is 21. The minimum atomic E-state index is -1.06. The first kappa shape index (κ1) is 49.2. The summed E-state index contributed by atoms with van der Waals surface area (Å²) in [6, 6.07) is 7.61. The summed E-state index contributed by atoms with van der Waals surface area (Å²) < 4.78 is 11.7. The van der Waals surface area contributed by atoms with Crippen LogP contribution in [0, 0.1) is 23.7 Å². The summed E-state index contributed by atoms with van der Waals surface area (Å²) in [5.74, 6) is -1.41. The van der Waals surface area contributed by atoms with E-state index in [0.29, 0.717) is 30.3 Å². The number of ether oxygens (including phenoxy) is 2. The number of benzene rings is 1. The number of carboxylic acid groups (broad SMARTS) is 1. The molecule has 57 heavy (non-hydrogen) atoms. The number of carbonyl (C=O) groups excluding carboxylic acids is 4. The van der Waals surface area contributed by atoms with E-state index >= 15 is 0 Å². The maximum absolute atomic E-state index is 13.8. The van der Waals surface area contributed by atoms with Gasteiger partial charge in [-0.25, -0.2) is 9.78 Å². The molecule has 3 rings (SSSR count). The lowest BCUT2D eigenvalue weighted by molar-refractivity contribution is -0.147. The van der Waals surface area contributed by atoms with E-state index in [-0.39, 0.29) is 71.8 Å². The summed E-state index contributed by atoms with van der Waals surface area (Å²) in [6.07, 6.45) is 3.51. The molecule has 0 spiro atoms. The van der Waals surface area contributed by atoms with Crippen LogP contribution in [0.25, 0.3) is 0 Å². The van der Waals surface area contributed by atoms with E-state index in [1.54, 1.807) is 26.2 Å². The molecule has 0 saturated carbocycles. The number of hydrogen-bond donors (Lipinski definition) is 4. The number of aromatic carboxylic acids is 1. The lowest BCUT2D eigenvalue weighted by atomic mass is 9.89. The van der Waals surface area contributed by atoms with E-state index in [0.717, 1.165) is 24.8 Å². The van der Waals surface area contributed by atoms with Gasteiger partial charge in [0.1, 0.15) is 11.0 Å². The topological polar surface area (TPSA) is 193 Å². The molecule has 5 N–H and O–H groups in total. The Balaban J connectivity index is 0.000000488. The maximum Gasteiger partial charge on any atom is 0.355 e. The molecule has 1 aromatic carbocycles. The van der Waals surface area contributed by atoms with Crippen LogP contribution in [-0.2, 0) is 35.1 Å². The summed E-state index contributed by atoms with van der Waals surface area (Å²) in [5, 5.41) is 16.5. The van der Waals surface area contributed by atoms with Gasteiger partial charge in [-0.2, -0.15) is 0 Å². The highest BCUT2D eigenvalue weighted by atomic mass is 32.1. The summed E-state index contributed by atoms with van der Waals surface area (Å²) in [5.41, 5.74) is 7.11. The molecule has 2 aromatic rings. The summed E-state index contributed by atoms with van der Waals surface area (Å²) in [6.45, 7) is 16.6. The molecule has 14 nitrogen and oxygen atoms in total. The summed E-state index contributed by atoms with van der Waals surface area (Å²) >= 11 is 1.23. The van der Waals surface area contributed by atoms with E-state index in [1.807, 2.05) is 62.9 Å². The van der Waals surface area contributed by atoms with Gasteiger partial charge >= 0.3 is 5.97 Å². The van der Waals surface area contributed by atoms with Crippen molar-refractivity contribution < 1.29 is 38.6 Å². The van der Waals surface area contributed by atoms with E-state index in [4.69, 9.17) is 20.3 Å². The van der Waals surface area contributed by atoms with E-state index < -0.39 is 24.2 Å². The fourth-order valence-corrected chi connectivity index (χ4v) is 8.17. The Morgan fingerprint density at radius 1 is 1.04 bits per heavy atom. The fraction of sp³-hybridized carbons (Fsp3) is 0.667. The first-order valence-electron chi connectivity index (χ1n) is 20.0. The normalized spacial score (nSPS) is 17.8. The Morgan fingerprint density at radius 2 is 1.68 bits per heavy atom. The predicted octanol–water partition coefficient (Wildman–Crippen LogP) is 4.92. The fourth-order valence-electron chi connectivity index (χ4n) is 7.32. The van der Waals surface area contributed by atoms with Crippen LogP contribution in [0.3, 0.4) is 0 Å². The molecule has 1 fully saturated rings. The molecule has 8 atom stereocenters. The molecule has 1 aliphatic rings. The Bertz CT molecular complexity index is 1560. The van der Waals surface area contributed by atoms with Crippen molar-refractivity contribution in [2.24, 2.45) is 29.4 Å². The van der Waals surface area contributed by atoms with Crippen molar-refractivity contribution in [3.63, 3.8) is 0 Å². The van der Waals surface area contributed by atoms with Crippen LogP contribution in [0.4, 0.5) is 0 Å². The van der Waals surface area contributed by atoms with Crippen molar-refractivity contribution in [2.75, 3.05) is 27.8 Å². The second-order valence-corrected chi connectivity index (χ2v) is 16.8. The highest BCUT2D eigenvalue weighted by molar-refractivity contribution is 7.09. The number of nitrogens with one attached hydrogen (secondary N) is 2. The molecule has 0 aliphatic carbocycles. The lowest BCUT2D eigenvalue weighted by Gasteiger charge is -2.41. The number of nitrogens with two attached hydrogens (primary N) is 1. The number of hydrogen-bond acceptors (Lipinski definition) is 10. The number of aromatic nitrogens is 1. The zero-order valence-electron chi connectivity index (χ0n) is 35.8. The molecule has 8 unspecified atom stereocenters. The quantitative estimate of drug-likeness (QED) is 0.126. The standard InChI is InChI=1S/C29H56N4O5.C13H12N2O3S/c1-12-20(8)26(32(9)29(36)25(18(4)5)31-28(35)24(30)17(2)3)22(37-10)16-23(34)33-15-13-14-21(33)27(38-11)19(6)7;16-8-14-10(6-9-4-2-1-3-5-9)12-15-11(7-19-12)13(17)18/h17-22,24-27H,12-16,30H2,1-11H3,(H,31,35);1-5,7-8,10H,6H2,(H,14,16)(H,17,18). The Hall–Kier alpha value is -3.92. The molecular formula is C42H68N6O8S. The van der Waals surface area contributed by atoms with Crippen molar-refractivity contribution in [3.05, 3.63) is 52.0 Å². The molecule has 320 valence electrons. The molecule has 1 saturated heterocycles. The van der Waals surface area contributed by atoms with Gasteiger partial charge < -0.3 is 40.7 Å². The zero-order chi connectivity index (χ0) is 43.0. The van der Waals surface area contributed by atoms with E-state index in [9.17, 15) is 24.0 Å². The largest absolute Gasteiger partial charge is 0.476 e. The number of methoxy groups -OCH3 is 2. The second kappa shape index (κ2) is 24.1. The monoisotopic (exact) mass is 816 g/mol. The average molecular weight is 817 g/mol. The van der Waals surface area contributed by atoms with Crippen LogP contribution in [-0.4, -0.2) is 114 Å². The third-order valence-electron chi connectivity index (χ3n) is 10.9. The molecule has 0 radical (unpaired) electrons. The van der Waals surface area contributed by atoms with Gasteiger partial charge in [0, 0.05) is 33.2 Å². The van der Waals surface area contributed by atoms with Crippen LogP contribution in [0.2, 0.25) is 0 Å². The molecule has 1 aliphatic heterocycles. The number of thiazole rings is 1. The van der Waals surface area contributed by atoms with Crippen LogP contribution in [0.5, 0.6) is 0 Å². The van der Waals surface area contributed by atoms with Crippen molar-refractivity contribution in [3.8, 4) is 0 Å². The highest BCUT2D eigenvalue weighted by Crippen LogP contribution is 2.29. The number of nitrogens with zero attached hydrogens (tertiary/aromatic N) is 3. The van der Waals surface area contributed by atoms with Gasteiger partial charge in [-0.1, -0.05) is 92.1 Å². The predicted molar refractivity (Wildman–Crippen MR) is 223 cm³/mol. The van der Waals surface area contributed by atoms with Crippen molar-refractivity contribution in [2.45, 2.75) is 130 Å². The van der Waals surface area contributed by atoms with Crippen molar-refractivity contribution in [1.82, 2.24) is 25.4 Å². The Morgan fingerprint density at radius 3 is 2.18 bits per heavy atom. The zero-order valence-corrected chi connectivity index (χ0v) is 36.6. The van der Waals surface area contributed by atoms with Gasteiger partial charge in [0.15, 0.2) is 5.69 Å². The first-order chi connectivity index (χ1) is 26.9. The van der Waals surface area contributed by atoms with Crippen LogP contribution in [0.1, 0.15) is 108 Å². The third-order valence-corrected chi connectivity index (χ3v) is 11.8. The molecule has 15 heteroatoms. The Kier molecular flexibility index (Phi) is 20.8. The minimum Gasteiger partial charge on any atom is -0.476 e. The number of carboxylic acids is 1. The van der Waals surface area contributed by atoms with Crippen molar-refractivity contribution >= 4 is 41.4 Å². The van der Waals surface area contributed by atoms with Gasteiger partial charge in [-0.05, 0) is 48.5 Å². The number of likely N-dealkylation sites (tertiary alicyclic amines) is 1. The van der Waals surface area contributed by atoms with Gasteiger partial charge in [0.05, 0.1) is 42.8 Å². The molecule has 0 bridgehead atoms. The summed E-state index contributed by atoms with van der Waals surface area (Å²) in [4.78, 5) is 69.3. The smallest absolute Gasteiger partial charge is 0.355 e. The lowest BCUT2D eigenvalue weighted by Crippen LogP contribution is -2.59. The maximum atomic E-state index is 13.8. The van der Waals surface area contributed by atoms with Gasteiger partial charge in [-0.15, -0.1) is 11.3 Å². The van der Waals surface area contributed by atoms with E-state index in [2.05, 4.69) is 43.3 Å². The second-order valence-electron chi connectivity index (χ2n) is 15.9. The summed E-state index contributed by atoms with van der Waals surface area (Å²) in [7, 11) is 5.06. The Labute approximate surface area is 343 Å². The molecular weight excluding hydrogens is 749 g/mol. The van der Waals surface area contributed by atoms with Crippen LogP contribution >= 0.6 is 11.3 Å². The number of amides is 4. The van der Waals surface area contributed by atoms with Crippen LogP contribution < -0.4 is 16.4 Å².